The average molecular weight is 468 g/mol. The Morgan fingerprint density at radius 1 is 0.943 bits per heavy atom. The van der Waals surface area contributed by atoms with Gasteiger partial charge in [-0.05, 0) is 55.0 Å². The third kappa shape index (κ3) is 4.10. The highest BCUT2D eigenvalue weighted by molar-refractivity contribution is 6.15. The van der Waals surface area contributed by atoms with Crippen molar-refractivity contribution in [3.63, 3.8) is 0 Å². The minimum Gasteiger partial charge on any atom is -0.324 e. The summed E-state index contributed by atoms with van der Waals surface area (Å²) in [5.41, 5.74) is 3.07. The molecular weight excluding hydrogens is 442 g/mol. The third-order valence-electron chi connectivity index (χ3n) is 6.73. The van der Waals surface area contributed by atoms with Crippen LogP contribution >= 0.6 is 0 Å². The molecule has 4 amide bonds. The van der Waals surface area contributed by atoms with E-state index in [2.05, 4.69) is 10.6 Å². The summed E-state index contributed by atoms with van der Waals surface area (Å²) in [6.45, 7) is 1.20. The van der Waals surface area contributed by atoms with Gasteiger partial charge in [-0.2, -0.15) is 0 Å². The van der Waals surface area contributed by atoms with Gasteiger partial charge in [0.05, 0.1) is 5.69 Å². The van der Waals surface area contributed by atoms with Crippen LogP contribution in [0.1, 0.15) is 46.0 Å². The fourth-order valence-electron chi connectivity index (χ4n) is 4.79. The van der Waals surface area contributed by atoms with Gasteiger partial charge in [-0.15, -0.1) is 0 Å². The van der Waals surface area contributed by atoms with E-state index in [1.165, 1.54) is 11.1 Å². The molecule has 7 nitrogen and oxygen atoms in total. The molecule has 0 radical (unpaired) electrons. The molecular formula is C28H25N3O4. The number of aryl methyl sites for hydroxylation is 2. The van der Waals surface area contributed by atoms with Crippen LogP contribution in [0.4, 0.5) is 10.5 Å². The molecule has 0 aromatic heterocycles. The van der Waals surface area contributed by atoms with Crippen molar-refractivity contribution in [1.82, 2.24) is 10.2 Å². The fourth-order valence-corrected chi connectivity index (χ4v) is 4.79. The largest absolute Gasteiger partial charge is 0.325 e. The van der Waals surface area contributed by atoms with Crippen LogP contribution in [-0.2, 0) is 28.0 Å². The van der Waals surface area contributed by atoms with Gasteiger partial charge < -0.3 is 10.6 Å². The first-order valence-corrected chi connectivity index (χ1v) is 11.6. The molecule has 1 aliphatic carbocycles. The van der Waals surface area contributed by atoms with Crippen LogP contribution in [0.5, 0.6) is 0 Å². The standard InChI is InChI=1S/C28H25N3O4/c1-28(21-15-14-18-10-7-11-20(18)16-21)26(34)31(27(35)30-28)17-24(32)29-23-13-6-5-12-22(23)25(33)19-8-3-2-4-9-19/h2-6,8-9,12-16H,7,10-11,17H2,1H3,(H,29,32)(H,30,35)/t28-/m1/s1. The maximum atomic E-state index is 13.3. The Kier molecular flexibility index (Phi) is 5.68. The van der Waals surface area contributed by atoms with E-state index in [9.17, 15) is 19.2 Å². The number of ketones is 1. The highest BCUT2D eigenvalue weighted by Crippen LogP contribution is 2.32. The lowest BCUT2D eigenvalue weighted by Gasteiger charge is -2.23. The first kappa shape index (κ1) is 22.5. The van der Waals surface area contributed by atoms with E-state index in [0.29, 0.717) is 22.4 Å². The lowest BCUT2D eigenvalue weighted by molar-refractivity contribution is -0.133. The lowest BCUT2D eigenvalue weighted by atomic mass is 9.89. The van der Waals surface area contributed by atoms with Crippen molar-refractivity contribution < 1.29 is 19.2 Å². The zero-order valence-electron chi connectivity index (χ0n) is 19.3. The van der Waals surface area contributed by atoms with Gasteiger partial charge in [0.25, 0.3) is 5.91 Å². The van der Waals surface area contributed by atoms with Gasteiger partial charge in [-0.25, -0.2) is 4.79 Å². The van der Waals surface area contributed by atoms with Crippen LogP contribution in [-0.4, -0.2) is 35.1 Å². The summed E-state index contributed by atoms with van der Waals surface area (Å²) in [5.74, 6) is -1.29. The Hall–Kier alpha value is -4.26. The molecule has 5 rings (SSSR count). The summed E-state index contributed by atoms with van der Waals surface area (Å²) < 4.78 is 0. The van der Waals surface area contributed by atoms with E-state index in [0.717, 1.165) is 24.2 Å². The monoisotopic (exact) mass is 467 g/mol. The zero-order valence-corrected chi connectivity index (χ0v) is 19.3. The van der Waals surface area contributed by atoms with Crippen LogP contribution in [0, 0.1) is 0 Å². The van der Waals surface area contributed by atoms with E-state index in [-0.39, 0.29) is 5.78 Å². The summed E-state index contributed by atoms with van der Waals surface area (Å²) >= 11 is 0. The van der Waals surface area contributed by atoms with Crippen molar-refractivity contribution in [2.45, 2.75) is 31.7 Å². The number of nitrogens with zero attached hydrogens (tertiary/aromatic N) is 1. The van der Waals surface area contributed by atoms with Crippen molar-refractivity contribution in [2.24, 2.45) is 0 Å². The number of amides is 4. The zero-order chi connectivity index (χ0) is 24.6. The molecule has 0 spiro atoms. The van der Waals surface area contributed by atoms with Crippen LogP contribution in [0.3, 0.4) is 0 Å². The number of carbonyl (C=O) groups excluding carboxylic acids is 4. The van der Waals surface area contributed by atoms with Crippen LogP contribution in [0.2, 0.25) is 0 Å². The van der Waals surface area contributed by atoms with Crippen molar-refractivity contribution in [1.29, 1.82) is 0 Å². The Morgan fingerprint density at radius 3 is 2.46 bits per heavy atom. The molecule has 0 bridgehead atoms. The Bertz CT molecular complexity index is 1350. The second kappa shape index (κ2) is 8.83. The average Bonchev–Trinajstić information content (AvgIpc) is 3.43. The second-order valence-electron chi connectivity index (χ2n) is 9.07. The maximum absolute atomic E-state index is 13.3. The molecule has 1 fully saturated rings. The summed E-state index contributed by atoms with van der Waals surface area (Å²) in [4.78, 5) is 52.7. The summed E-state index contributed by atoms with van der Waals surface area (Å²) in [5, 5.41) is 5.46. The number of carbonyl (C=O) groups is 4. The minimum atomic E-state index is -1.24. The number of para-hydroxylation sites is 1. The van der Waals surface area contributed by atoms with Crippen molar-refractivity contribution in [3.05, 3.63) is 101 Å². The lowest BCUT2D eigenvalue weighted by Crippen LogP contribution is -2.42. The number of nitrogens with one attached hydrogen (secondary N) is 2. The van der Waals surface area contributed by atoms with Gasteiger partial charge in [0.15, 0.2) is 5.78 Å². The number of urea groups is 1. The van der Waals surface area contributed by atoms with E-state index >= 15 is 0 Å². The first-order valence-electron chi connectivity index (χ1n) is 11.6. The van der Waals surface area contributed by atoms with Crippen LogP contribution < -0.4 is 10.6 Å². The SMILES string of the molecule is C[C@]1(c2ccc3c(c2)CCC3)NC(=O)N(CC(=O)Nc2ccccc2C(=O)c2ccccc2)C1=O. The first-order chi connectivity index (χ1) is 16.9. The van der Waals surface area contributed by atoms with Crippen LogP contribution in [0.25, 0.3) is 0 Å². The quantitative estimate of drug-likeness (QED) is 0.426. The summed E-state index contributed by atoms with van der Waals surface area (Å²) in [6.07, 6.45) is 3.05. The molecule has 176 valence electrons. The molecule has 1 saturated heterocycles. The molecule has 35 heavy (non-hydrogen) atoms. The molecule has 7 heteroatoms. The van der Waals surface area contributed by atoms with Gasteiger partial charge in [0.1, 0.15) is 12.1 Å². The third-order valence-corrected chi connectivity index (χ3v) is 6.73. The number of fused-ring (bicyclic) bond motifs is 1. The Labute approximate surface area is 203 Å². The number of hydrogen-bond acceptors (Lipinski definition) is 4. The number of anilines is 1. The molecule has 3 aromatic rings. The minimum absolute atomic E-state index is 0.235. The van der Waals surface area contributed by atoms with Gasteiger partial charge in [0.2, 0.25) is 5.91 Å². The Morgan fingerprint density at radius 2 is 1.66 bits per heavy atom. The van der Waals surface area contributed by atoms with E-state index in [4.69, 9.17) is 0 Å². The molecule has 1 atom stereocenters. The smallest absolute Gasteiger partial charge is 0.324 e. The predicted octanol–water partition coefficient (Wildman–Crippen LogP) is 3.81. The topological polar surface area (TPSA) is 95.6 Å². The van der Waals surface area contributed by atoms with Gasteiger partial charge in [-0.3, -0.25) is 19.3 Å². The summed E-state index contributed by atoms with van der Waals surface area (Å²) in [7, 11) is 0. The van der Waals surface area contributed by atoms with Crippen molar-refractivity contribution in [2.75, 3.05) is 11.9 Å². The number of rotatable bonds is 6. The van der Waals surface area contributed by atoms with Gasteiger partial charge in [0, 0.05) is 11.1 Å². The van der Waals surface area contributed by atoms with Gasteiger partial charge in [-0.1, -0.05) is 60.7 Å². The van der Waals surface area contributed by atoms with Gasteiger partial charge >= 0.3 is 6.03 Å². The molecule has 1 aliphatic heterocycles. The number of benzene rings is 3. The molecule has 2 N–H and O–H groups in total. The highest BCUT2D eigenvalue weighted by atomic mass is 16.2. The fraction of sp³-hybridized carbons (Fsp3) is 0.214. The van der Waals surface area contributed by atoms with Crippen LogP contribution in [0.15, 0.2) is 72.8 Å². The molecule has 0 unspecified atom stereocenters. The predicted molar refractivity (Wildman–Crippen MR) is 131 cm³/mol. The van der Waals surface area contributed by atoms with E-state index < -0.39 is 29.9 Å². The molecule has 0 saturated carbocycles. The van der Waals surface area contributed by atoms with E-state index in [1.807, 2.05) is 24.3 Å². The van der Waals surface area contributed by atoms with E-state index in [1.54, 1.807) is 55.5 Å². The molecule has 3 aromatic carbocycles. The van der Waals surface area contributed by atoms with Crippen molar-refractivity contribution >= 4 is 29.3 Å². The molecule has 2 aliphatic rings. The summed E-state index contributed by atoms with van der Waals surface area (Å²) in [6, 6.07) is 20.7. The Balaban J connectivity index is 1.33. The van der Waals surface area contributed by atoms with Crippen molar-refractivity contribution in [3.8, 4) is 0 Å². The highest BCUT2D eigenvalue weighted by Gasteiger charge is 2.49. The number of hydrogen-bond donors (Lipinski definition) is 2. The molecule has 1 heterocycles. The number of imide groups is 1. The maximum Gasteiger partial charge on any atom is 0.325 e. The second-order valence-corrected chi connectivity index (χ2v) is 9.07. The normalized spacial score (nSPS) is 18.8.